The lowest BCUT2D eigenvalue weighted by atomic mass is 10.1. The molecule has 0 saturated carbocycles. The Morgan fingerprint density at radius 1 is 0.619 bits per heavy atom. The molecule has 3 rings (SSSR count). The van der Waals surface area contributed by atoms with E-state index in [2.05, 4.69) is 0 Å². The zero-order valence-corrected chi connectivity index (χ0v) is 11.6. The zero-order chi connectivity index (χ0) is 15.1. The van der Waals surface area contributed by atoms with Gasteiger partial charge in [0.2, 0.25) is 0 Å². The number of hydrogen-bond donors (Lipinski definition) is 3. The van der Waals surface area contributed by atoms with Gasteiger partial charge in [-0.3, -0.25) is 0 Å². The molecule has 0 fully saturated rings. The maximum atomic E-state index is 9.37. The third-order valence-electron chi connectivity index (χ3n) is 3.23. The van der Waals surface area contributed by atoms with Crippen molar-refractivity contribution in [2.45, 2.75) is 13.2 Å². The molecule has 3 heteroatoms. The summed E-state index contributed by atoms with van der Waals surface area (Å²) >= 11 is 0. The fraction of sp³-hybridized carbons (Fsp3) is 0.111. The van der Waals surface area contributed by atoms with Crippen molar-refractivity contribution < 1.29 is 15.3 Å². The monoisotopic (exact) mass is 282 g/mol. The molecule has 21 heavy (non-hydrogen) atoms. The highest BCUT2D eigenvalue weighted by Crippen LogP contribution is 2.22. The first-order valence-electron chi connectivity index (χ1n) is 6.71. The molecular formula is C18H18O3. The molecule has 0 radical (unpaired) electrons. The lowest BCUT2D eigenvalue weighted by Gasteiger charge is -2.01. The standard InChI is InChI=1S/C10H8O.C8H10O2/c11-10-7-3-5-8-4-1-2-6-9(8)10;9-5-7-3-1-2-4-8(7)6-10/h1-7,11H;1-4,9-10H,5-6H2. The van der Waals surface area contributed by atoms with Gasteiger partial charge >= 0.3 is 0 Å². The van der Waals surface area contributed by atoms with Gasteiger partial charge in [0.15, 0.2) is 0 Å². The summed E-state index contributed by atoms with van der Waals surface area (Å²) in [6, 6.07) is 20.6. The van der Waals surface area contributed by atoms with Gasteiger partial charge in [0.25, 0.3) is 0 Å². The second-order valence-electron chi connectivity index (χ2n) is 4.58. The summed E-state index contributed by atoms with van der Waals surface area (Å²) in [6.07, 6.45) is 0. The van der Waals surface area contributed by atoms with Gasteiger partial charge in [0, 0.05) is 5.39 Å². The van der Waals surface area contributed by atoms with E-state index >= 15 is 0 Å². The molecule has 3 N–H and O–H groups in total. The first-order chi connectivity index (χ1) is 10.3. The summed E-state index contributed by atoms with van der Waals surface area (Å²) in [5.74, 6) is 0.350. The van der Waals surface area contributed by atoms with Crippen molar-refractivity contribution in [1.29, 1.82) is 0 Å². The Hall–Kier alpha value is -2.36. The Labute approximate surface area is 123 Å². The predicted molar refractivity (Wildman–Crippen MR) is 83.9 cm³/mol. The fourth-order valence-electron chi connectivity index (χ4n) is 2.07. The van der Waals surface area contributed by atoms with Crippen molar-refractivity contribution >= 4 is 10.8 Å². The van der Waals surface area contributed by atoms with Gasteiger partial charge in [0.05, 0.1) is 13.2 Å². The van der Waals surface area contributed by atoms with Crippen LogP contribution in [0.15, 0.2) is 66.7 Å². The smallest absolute Gasteiger partial charge is 0.123 e. The second kappa shape index (κ2) is 7.43. The number of rotatable bonds is 2. The van der Waals surface area contributed by atoms with Crippen LogP contribution >= 0.6 is 0 Å². The van der Waals surface area contributed by atoms with Crippen LogP contribution in [0.2, 0.25) is 0 Å². The summed E-state index contributed by atoms with van der Waals surface area (Å²) in [6.45, 7) is -0.00648. The predicted octanol–water partition coefficient (Wildman–Crippen LogP) is 3.22. The number of hydrogen-bond acceptors (Lipinski definition) is 3. The van der Waals surface area contributed by atoms with E-state index < -0.39 is 0 Å². The van der Waals surface area contributed by atoms with Gasteiger partial charge in [-0.15, -0.1) is 0 Å². The Balaban J connectivity index is 0.000000155. The summed E-state index contributed by atoms with van der Waals surface area (Å²) < 4.78 is 0. The minimum Gasteiger partial charge on any atom is -0.507 e. The molecule has 0 aliphatic carbocycles. The van der Waals surface area contributed by atoms with Gasteiger partial charge in [-0.05, 0) is 22.6 Å². The highest BCUT2D eigenvalue weighted by molar-refractivity contribution is 5.87. The van der Waals surface area contributed by atoms with E-state index in [1.165, 1.54) is 0 Å². The molecule has 0 aromatic heterocycles. The van der Waals surface area contributed by atoms with Gasteiger partial charge < -0.3 is 15.3 Å². The summed E-state index contributed by atoms with van der Waals surface area (Å²) in [5.41, 5.74) is 1.59. The Kier molecular flexibility index (Phi) is 5.32. The first-order valence-corrected chi connectivity index (χ1v) is 6.71. The number of benzene rings is 3. The van der Waals surface area contributed by atoms with Crippen LogP contribution < -0.4 is 0 Å². The quantitative estimate of drug-likeness (QED) is 0.676. The van der Waals surface area contributed by atoms with Crippen molar-refractivity contribution in [2.24, 2.45) is 0 Å². The zero-order valence-electron chi connectivity index (χ0n) is 11.6. The summed E-state index contributed by atoms with van der Waals surface area (Å²) in [7, 11) is 0. The van der Waals surface area contributed by atoms with E-state index in [9.17, 15) is 5.11 Å². The van der Waals surface area contributed by atoms with Crippen LogP contribution in [0.5, 0.6) is 5.75 Å². The number of phenols is 1. The van der Waals surface area contributed by atoms with E-state index in [0.29, 0.717) is 5.75 Å². The van der Waals surface area contributed by atoms with E-state index in [-0.39, 0.29) is 13.2 Å². The van der Waals surface area contributed by atoms with E-state index in [4.69, 9.17) is 10.2 Å². The topological polar surface area (TPSA) is 60.7 Å². The van der Waals surface area contributed by atoms with Crippen LogP contribution in [0.4, 0.5) is 0 Å². The normalized spacial score (nSPS) is 10.0. The van der Waals surface area contributed by atoms with Crippen molar-refractivity contribution in [3.05, 3.63) is 77.9 Å². The fourth-order valence-corrected chi connectivity index (χ4v) is 2.07. The molecule has 0 saturated heterocycles. The summed E-state index contributed by atoms with van der Waals surface area (Å²) in [5, 5.41) is 28.8. The minimum atomic E-state index is -0.00324. The molecule has 0 aliphatic rings. The molecule has 3 nitrogen and oxygen atoms in total. The average molecular weight is 282 g/mol. The van der Waals surface area contributed by atoms with Crippen LogP contribution in [0.1, 0.15) is 11.1 Å². The number of aromatic hydroxyl groups is 1. The Morgan fingerprint density at radius 2 is 1.14 bits per heavy atom. The van der Waals surface area contributed by atoms with Gasteiger partial charge in [-0.1, -0.05) is 60.7 Å². The number of phenolic OH excluding ortho intramolecular Hbond substituents is 1. The van der Waals surface area contributed by atoms with E-state index in [1.54, 1.807) is 18.2 Å². The maximum Gasteiger partial charge on any atom is 0.123 e. The lowest BCUT2D eigenvalue weighted by Crippen LogP contribution is -1.91. The van der Waals surface area contributed by atoms with Gasteiger partial charge in [-0.25, -0.2) is 0 Å². The molecule has 108 valence electrons. The molecule has 3 aromatic rings. The van der Waals surface area contributed by atoms with E-state index in [0.717, 1.165) is 21.9 Å². The Morgan fingerprint density at radius 3 is 1.71 bits per heavy atom. The molecule has 0 spiro atoms. The second-order valence-corrected chi connectivity index (χ2v) is 4.58. The van der Waals surface area contributed by atoms with Crippen molar-refractivity contribution in [3.8, 4) is 5.75 Å². The van der Waals surface area contributed by atoms with Crippen LogP contribution in [0.25, 0.3) is 10.8 Å². The molecule has 3 aromatic carbocycles. The molecule has 0 amide bonds. The van der Waals surface area contributed by atoms with Crippen LogP contribution in [-0.2, 0) is 13.2 Å². The van der Waals surface area contributed by atoms with Crippen LogP contribution in [0, 0.1) is 0 Å². The van der Waals surface area contributed by atoms with Gasteiger partial charge in [-0.2, -0.15) is 0 Å². The average Bonchev–Trinajstić information content (AvgIpc) is 2.56. The third-order valence-corrected chi connectivity index (χ3v) is 3.23. The molecule has 0 atom stereocenters. The molecule has 0 unspecified atom stereocenters. The maximum absolute atomic E-state index is 9.37. The Bertz CT molecular complexity index is 679. The van der Waals surface area contributed by atoms with Gasteiger partial charge in [0.1, 0.15) is 5.75 Å². The largest absolute Gasteiger partial charge is 0.507 e. The first kappa shape index (κ1) is 15.0. The van der Waals surface area contributed by atoms with Crippen molar-refractivity contribution in [3.63, 3.8) is 0 Å². The SMILES string of the molecule is OCc1ccccc1CO.Oc1cccc2ccccc12. The summed E-state index contributed by atoms with van der Waals surface area (Å²) in [4.78, 5) is 0. The van der Waals surface area contributed by atoms with Crippen LogP contribution in [-0.4, -0.2) is 15.3 Å². The van der Waals surface area contributed by atoms with E-state index in [1.807, 2.05) is 48.5 Å². The highest BCUT2D eigenvalue weighted by Gasteiger charge is 1.96. The third kappa shape index (κ3) is 3.81. The molecule has 0 bridgehead atoms. The number of aliphatic hydroxyl groups excluding tert-OH is 2. The molecular weight excluding hydrogens is 264 g/mol. The number of fused-ring (bicyclic) bond motifs is 1. The highest BCUT2D eigenvalue weighted by atomic mass is 16.3. The van der Waals surface area contributed by atoms with Crippen molar-refractivity contribution in [1.82, 2.24) is 0 Å². The van der Waals surface area contributed by atoms with Crippen molar-refractivity contribution in [2.75, 3.05) is 0 Å². The number of aliphatic hydroxyl groups is 2. The van der Waals surface area contributed by atoms with Crippen LogP contribution in [0.3, 0.4) is 0 Å². The lowest BCUT2D eigenvalue weighted by molar-refractivity contribution is 0.260. The molecule has 0 heterocycles. The molecule has 0 aliphatic heterocycles. The minimum absolute atomic E-state index is 0.00324.